The molecular formula is C22H24N2O4. The molecule has 1 heterocycles. The van der Waals surface area contributed by atoms with Crippen molar-refractivity contribution in [2.45, 2.75) is 19.3 Å². The number of aryl methyl sites for hydroxylation is 1. The van der Waals surface area contributed by atoms with E-state index in [4.69, 9.17) is 4.74 Å². The van der Waals surface area contributed by atoms with Crippen molar-refractivity contribution in [3.63, 3.8) is 0 Å². The molecule has 6 nitrogen and oxygen atoms in total. The van der Waals surface area contributed by atoms with Crippen LogP contribution < -0.4 is 10.2 Å². The van der Waals surface area contributed by atoms with Crippen LogP contribution in [0.4, 0.5) is 5.69 Å². The molecule has 6 heteroatoms. The fourth-order valence-electron chi connectivity index (χ4n) is 3.40. The summed E-state index contributed by atoms with van der Waals surface area (Å²) in [5, 5.41) is 2.93. The minimum absolute atomic E-state index is 0.125. The number of nitrogens with zero attached hydrogens (tertiary/aromatic N) is 1. The number of hydrogen-bond acceptors (Lipinski definition) is 4. The molecule has 0 aromatic heterocycles. The Bertz CT molecular complexity index is 851. The first-order valence-electron chi connectivity index (χ1n) is 9.39. The number of ether oxygens (including phenoxy) is 1. The molecule has 28 heavy (non-hydrogen) atoms. The van der Waals surface area contributed by atoms with Crippen molar-refractivity contribution in [3.05, 3.63) is 65.7 Å². The molecule has 1 N–H and O–H groups in total. The summed E-state index contributed by atoms with van der Waals surface area (Å²) in [6.07, 6.45) is 1.87. The molecule has 3 rings (SSSR count). The fraction of sp³-hybridized carbons (Fsp3) is 0.318. The minimum atomic E-state index is -0.503. The molecule has 1 unspecified atom stereocenters. The zero-order valence-electron chi connectivity index (χ0n) is 15.9. The Morgan fingerprint density at radius 3 is 2.57 bits per heavy atom. The van der Waals surface area contributed by atoms with Crippen molar-refractivity contribution in [2.75, 3.05) is 25.1 Å². The van der Waals surface area contributed by atoms with E-state index in [1.54, 1.807) is 24.3 Å². The lowest BCUT2D eigenvalue weighted by atomic mass is 10.1. The lowest BCUT2D eigenvalue weighted by Gasteiger charge is -2.19. The molecule has 0 bridgehead atoms. The van der Waals surface area contributed by atoms with Crippen LogP contribution in [-0.2, 0) is 20.7 Å². The van der Waals surface area contributed by atoms with Gasteiger partial charge in [-0.2, -0.15) is 0 Å². The smallest absolute Gasteiger partial charge is 0.339 e. The zero-order valence-corrected chi connectivity index (χ0v) is 15.9. The van der Waals surface area contributed by atoms with Gasteiger partial charge in [-0.15, -0.1) is 0 Å². The van der Waals surface area contributed by atoms with Crippen molar-refractivity contribution in [2.24, 2.45) is 5.92 Å². The van der Waals surface area contributed by atoms with E-state index in [1.165, 1.54) is 17.6 Å². The van der Waals surface area contributed by atoms with Gasteiger partial charge < -0.3 is 15.0 Å². The largest absolute Gasteiger partial charge is 0.465 e. The highest BCUT2D eigenvalue weighted by Crippen LogP contribution is 2.28. The SMILES string of the molecule is COC(=O)c1ccccc1N1CC(C(=O)NCCCc2ccccc2)CC1=O. The maximum atomic E-state index is 12.5. The van der Waals surface area contributed by atoms with E-state index in [2.05, 4.69) is 17.4 Å². The molecule has 1 aliphatic heterocycles. The van der Waals surface area contributed by atoms with E-state index in [9.17, 15) is 14.4 Å². The number of rotatable bonds is 7. The van der Waals surface area contributed by atoms with Gasteiger partial charge in [-0.05, 0) is 30.5 Å². The van der Waals surface area contributed by atoms with Crippen molar-refractivity contribution in [3.8, 4) is 0 Å². The molecular weight excluding hydrogens is 356 g/mol. The van der Waals surface area contributed by atoms with E-state index in [0.29, 0.717) is 17.8 Å². The van der Waals surface area contributed by atoms with Gasteiger partial charge in [0.1, 0.15) is 0 Å². The summed E-state index contributed by atoms with van der Waals surface area (Å²) in [7, 11) is 1.30. The predicted molar refractivity (Wildman–Crippen MR) is 106 cm³/mol. The molecule has 146 valence electrons. The number of amides is 2. The Kier molecular flexibility index (Phi) is 6.42. The van der Waals surface area contributed by atoms with Gasteiger partial charge in [-0.25, -0.2) is 4.79 Å². The summed E-state index contributed by atoms with van der Waals surface area (Å²) in [5.41, 5.74) is 2.04. The molecule has 2 amide bonds. The normalized spacial score (nSPS) is 16.1. The van der Waals surface area contributed by atoms with E-state index in [1.807, 2.05) is 18.2 Å². The molecule has 0 spiro atoms. The third kappa shape index (κ3) is 4.57. The summed E-state index contributed by atoms with van der Waals surface area (Å²) in [4.78, 5) is 38.4. The van der Waals surface area contributed by atoms with E-state index < -0.39 is 11.9 Å². The number of hydrogen-bond donors (Lipinski definition) is 1. The standard InChI is InChI=1S/C22H24N2O4/c1-28-22(27)18-11-5-6-12-19(18)24-15-17(14-20(24)25)21(26)23-13-7-10-16-8-3-2-4-9-16/h2-6,8-9,11-12,17H,7,10,13-15H2,1H3,(H,23,26). The van der Waals surface area contributed by atoms with Crippen LogP contribution in [0.3, 0.4) is 0 Å². The van der Waals surface area contributed by atoms with Crippen LogP contribution in [0.5, 0.6) is 0 Å². The second-order valence-electron chi connectivity index (χ2n) is 6.79. The lowest BCUT2D eigenvalue weighted by molar-refractivity contribution is -0.126. The van der Waals surface area contributed by atoms with Gasteiger partial charge in [-0.3, -0.25) is 9.59 Å². The molecule has 1 atom stereocenters. The summed E-state index contributed by atoms with van der Waals surface area (Å²) >= 11 is 0. The zero-order chi connectivity index (χ0) is 19.9. The molecule has 0 aliphatic carbocycles. The third-order valence-corrected chi connectivity index (χ3v) is 4.88. The molecule has 1 saturated heterocycles. The van der Waals surface area contributed by atoms with Crippen molar-refractivity contribution in [1.29, 1.82) is 0 Å². The van der Waals surface area contributed by atoms with Crippen molar-refractivity contribution in [1.82, 2.24) is 5.32 Å². The Hall–Kier alpha value is -3.15. The number of nitrogens with one attached hydrogen (secondary N) is 1. The maximum Gasteiger partial charge on any atom is 0.339 e. The van der Waals surface area contributed by atoms with Crippen LogP contribution in [0.2, 0.25) is 0 Å². The van der Waals surface area contributed by atoms with Crippen LogP contribution in [0, 0.1) is 5.92 Å². The average Bonchev–Trinajstić information content (AvgIpc) is 3.13. The van der Waals surface area contributed by atoms with Crippen LogP contribution in [0.1, 0.15) is 28.8 Å². The predicted octanol–water partition coefficient (Wildman–Crippen LogP) is 2.58. The maximum absolute atomic E-state index is 12.5. The molecule has 1 aliphatic rings. The van der Waals surface area contributed by atoms with Gasteiger partial charge in [0, 0.05) is 19.5 Å². The quantitative estimate of drug-likeness (QED) is 0.592. The van der Waals surface area contributed by atoms with Gasteiger partial charge in [-0.1, -0.05) is 42.5 Å². The van der Waals surface area contributed by atoms with Crippen LogP contribution >= 0.6 is 0 Å². The molecule has 0 saturated carbocycles. The number of anilines is 1. The molecule has 0 radical (unpaired) electrons. The van der Waals surface area contributed by atoms with Crippen LogP contribution in [-0.4, -0.2) is 38.0 Å². The highest BCUT2D eigenvalue weighted by atomic mass is 16.5. The number of benzene rings is 2. The summed E-state index contributed by atoms with van der Waals surface area (Å²) in [5.74, 6) is -1.22. The van der Waals surface area contributed by atoms with Crippen molar-refractivity contribution < 1.29 is 19.1 Å². The van der Waals surface area contributed by atoms with Gasteiger partial charge in [0.05, 0.1) is 24.3 Å². The number of carbonyl (C=O) groups is 3. The Morgan fingerprint density at radius 2 is 1.82 bits per heavy atom. The Morgan fingerprint density at radius 1 is 1.11 bits per heavy atom. The highest BCUT2D eigenvalue weighted by Gasteiger charge is 2.36. The van der Waals surface area contributed by atoms with E-state index >= 15 is 0 Å². The first-order chi connectivity index (χ1) is 13.6. The second-order valence-corrected chi connectivity index (χ2v) is 6.79. The molecule has 1 fully saturated rings. The summed E-state index contributed by atoms with van der Waals surface area (Å²) < 4.78 is 4.79. The van der Waals surface area contributed by atoms with Gasteiger partial charge in [0.2, 0.25) is 11.8 Å². The number of carbonyl (C=O) groups excluding carboxylic acids is 3. The van der Waals surface area contributed by atoms with Gasteiger partial charge in [0.25, 0.3) is 0 Å². The second kappa shape index (κ2) is 9.17. The lowest BCUT2D eigenvalue weighted by Crippen LogP contribution is -2.34. The first kappa shape index (κ1) is 19.6. The van der Waals surface area contributed by atoms with E-state index in [-0.39, 0.29) is 24.8 Å². The number of esters is 1. The van der Waals surface area contributed by atoms with Gasteiger partial charge in [0.15, 0.2) is 0 Å². The van der Waals surface area contributed by atoms with Gasteiger partial charge >= 0.3 is 5.97 Å². The third-order valence-electron chi connectivity index (χ3n) is 4.88. The fourth-order valence-corrected chi connectivity index (χ4v) is 3.40. The minimum Gasteiger partial charge on any atom is -0.465 e. The number of methoxy groups -OCH3 is 1. The van der Waals surface area contributed by atoms with E-state index in [0.717, 1.165) is 12.8 Å². The monoisotopic (exact) mass is 380 g/mol. The first-order valence-corrected chi connectivity index (χ1v) is 9.39. The van der Waals surface area contributed by atoms with Crippen LogP contribution in [0.15, 0.2) is 54.6 Å². The number of para-hydroxylation sites is 1. The highest BCUT2D eigenvalue weighted by molar-refractivity contribution is 6.05. The van der Waals surface area contributed by atoms with Crippen LogP contribution in [0.25, 0.3) is 0 Å². The molecule has 2 aromatic carbocycles. The summed E-state index contributed by atoms with van der Waals surface area (Å²) in [6, 6.07) is 16.9. The Labute approximate surface area is 164 Å². The van der Waals surface area contributed by atoms with Crippen molar-refractivity contribution >= 4 is 23.5 Å². The molecule has 2 aromatic rings. The summed E-state index contributed by atoms with van der Waals surface area (Å²) in [6.45, 7) is 0.828. The Balaban J connectivity index is 1.55. The topological polar surface area (TPSA) is 75.7 Å². The average molecular weight is 380 g/mol.